The largest absolute Gasteiger partial charge is 0.477 e. The maximum atomic E-state index is 12.7. The number of fused-ring (bicyclic) bond motifs is 7. The van der Waals surface area contributed by atoms with Crippen molar-refractivity contribution in [2.24, 2.45) is 56.7 Å². The number of carbonyl (C=O) groups is 1. The zero-order chi connectivity index (χ0) is 42.2. The fourth-order valence-corrected chi connectivity index (χ4v) is 17.9. The van der Waals surface area contributed by atoms with E-state index in [2.05, 4.69) is 96.1 Å². The normalized spacial score (nSPS) is 41.4. The molecule has 0 amide bonds. The van der Waals surface area contributed by atoms with E-state index in [1.807, 2.05) is 19.1 Å². The monoisotopic (exact) mass is 939 g/mol. The molecule has 4 saturated carbocycles. The van der Waals surface area contributed by atoms with E-state index in [1.54, 1.807) is 11.8 Å². The lowest BCUT2D eigenvalue weighted by Crippen LogP contribution is -2.67. The summed E-state index contributed by atoms with van der Waals surface area (Å²) in [7, 11) is -2.87. The van der Waals surface area contributed by atoms with Crippen molar-refractivity contribution in [1.82, 2.24) is 13.0 Å². The summed E-state index contributed by atoms with van der Waals surface area (Å²) in [6.45, 7) is 26.1. The number of sulfone groups is 1. The van der Waals surface area contributed by atoms with E-state index in [0.29, 0.717) is 66.7 Å². The van der Waals surface area contributed by atoms with Crippen LogP contribution >= 0.6 is 22.9 Å². The van der Waals surface area contributed by atoms with E-state index in [4.69, 9.17) is 4.74 Å². The van der Waals surface area contributed by atoms with Crippen LogP contribution in [0.25, 0.3) is 0 Å². The Kier molecular flexibility index (Phi) is 11.9. The van der Waals surface area contributed by atoms with Crippen LogP contribution in [0.15, 0.2) is 53.8 Å². The molecule has 0 bridgehead atoms. The van der Waals surface area contributed by atoms with Crippen LogP contribution in [0.1, 0.15) is 131 Å². The summed E-state index contributed by atoms with van der Waals surface area (Å²) < 4.78 is 33.1. The Hall–Kier alpha value is -1.56. The molecule has 4 unspecified atom stereocenters. The maximum absolute atomic E-state index is 12.7. The van der Waals surface area contributed by atoms with Gasteiger partial charge in [0.25, 0.3) is 0 Å². The third-order valence-corrected chi connectivity index (χ3v) is 22.2. The number of carbonyl (C=O) groups excluding carboxylic acids is 1. The van der Waals surface area contributed by atoms with Crippen LogP contribution in [-0.4, -0.2) is 77.5 Å². The number of hydrogen-bond acceptors (Lipinski definition) is 7. The van der Waals surface area contributed by atoms with Gasteiger partial charge in [-0.15, -0.1) is 0 Å². The van der Waals surface area contributed by atoms with E-state index in [9.17, 15) is 13.2 Å². The number of aryl methyl sites for hydroxylation is 1. The summed E-state index contributed by atoms with van der Waals surface area (Å²) >= 11 is 2.70. The predicted octanol–water partition coefficient (Wildman–Crippen LogP) is 10.8. The molecular weight excluding hydrogens is 866 g/mol. The molecule has 9 heteroatoms. The van der Waals surface area contributed by atoms with Crippen molar-refractivity contribution in [3.63, 3.8) is 0 Å². The quantitative estimate of drug-likeness (QED) is 0.0946. The molecule has 10 atom stereocenters. The van der Waals surface area contributed by atoms with E-state index in [0.717, 1.165) is 50.8 Å². The van der Waals surface area contributed by atoms with Gasteiger partial charge in [-0.3, -0.25) is 0 Å². The SMILES string of the molecule is C=C(C)[C@@H]1CC[C@]2(N(I)CCN3CCS(=O)(=O)CC3)CC[C@]3(C)[C@H](CCC4[C@@]5(C)CC=C(C6=CCC(C=O)(CCOc7ncccc7C)CC6)C(C)(C)C5CC[C@]43C)C12. The van der Waals surface area contributed by atoms with Crippen LogP contribution in [0.2, 0.25) is 0 Å². The Morgan fingerprint density at radius 1 is 0.983 bits per heavy atom. The summed E-state index contributed by atoms with van der Waals surface area (Å²) in [5.41, 5.74) is 6.19. The number of allylic oxidation sites excluding steroid dienone is 5. The van der Waals surface area contributed by atoms with Gasteiger partial charge in [0.15, 0.2) is 9.84 Å². The van der Waals surface area contributed by atoms with Crippen LogP contribution in [-0.2, 0) is 14.6 Å². The van der Waals surface area contributed by atoms with E-state index < -0.39 is 9.84 Å². The summed E-state index contributed by atoms with van der Waals surface area (Å²) in [4.78, 5) is 19.4. The molecule has 0 spiro atoms. The number of ether oxygens (including phenoxy) is 1. The second kappa shape index (κ2) is 15.9. The second-order valence-electron chi connectivity index (χ2n) is 22.0. The molecule has 326 valence electrons. The first kappa shape index (κ1) is 44.1. The highest BCUT2D eigenvalue weighted by Gasteiger charge is 2.71. The van der Waals surface area contributed by atoms with Crippen molar-refractivity contribution in [1.29, 1.82) is 0 Å². The first-order valence-electron chi connectivity index (χ1n) is 23.3. The Balaban J connectivity index is 0.998. The fraction of sp³-hybridized carbons (Fsp3) is 0.760. The first-order valence-corrected chi connectivity index (χ1v) is 26.1. The molecule has 0 radical (unpaired) electrons. The second-order valence-corrected chi connectivity index (χ2v) is 25.5. The van der Waals surface area contributed by atoms with Crippen LogP contribution in [0, 0.1) is 63.6 Å². The Morgan fingerprint density at radius 3 is 2.42 bits per heavy atom. The molecule has 7 nitrogen and oxygen atoms in total. The van der Waals surface area contributed by atoms with Crippen molar-refractivity contribution >= 4 is 39.0 Å². The van der Waals surface area contributed by atoms with Gasteiger partial charge in [0.05, 0.1) is 18.1 Å². The molecular formula is C50H74IN3O4S. The fourth-order valence-electron chi connectivity index (χ4n) is 15.6. The van der Waals surface area contributed by atoms with Crippen molar-refractivity contribution < 1.29 is 17.9 Å². The summed E-state index contributed by atoms with van der Waals surface area (Å²) in [6, 6.07) is 3.95. The summed E-state index contributed by atoms with van der Waals surface area (Å²) in [6.07, 6.45) is 22.9. The Morgan fingerprint density at radius 2 is 1.75 bits per heavy atom. The van der Waals surface area contributed by atoms with Gasteiger partial charge in [-0.2, -0.15) is 0 Å². The van der Waals surface area contributed by atoms with Crippen LogP contribution in [0.5, 0.6) is 5.88 Å². The van der Waals surface area contributed by atoms with Crippen molar-refractivity contribution in [3.8, 4) is 5.88 Å². The van der Waals surface area contributed by atoms with Gasteiger partial charge in [0.1, 0.15) is 6.29 Å². The van der Waals surface area contributed by atoms with Gasteiger partial charge in [0.2, 0.25) is 5.88 Å². The number of aldehydes is 1. The summed E-state index contributed by atoms with van der Waals surface area (Å²) in [5, 5.41) is 0. The molecule has 1 saturated heterocycles. The van der Waals surface area contributed by atoms with Crippen LogP contribution in [0.4, 0.5) is 0 Å². The molecule has 0 aromatic carbocycles. The minimum atomic E-state index is -2.87. The molecule has 8 rings (SSSR count). The lowest BCUT2D eigenvalue weighted by molar-refractivity contribution is -0.224. The predicted molar refractivity (Wildman–Crippen MR) is 248 cm³/mol. The topological polar surface area (TPSA) is 79.8 Å². The van der Waals surface area contributed by atoms with Gasteiger partial charge in [-0.1, -0.05) is 65.0 Å². The standard InChI is InChI=1S/C50H74IN3O4S/c1-35(2)38-15-22-50(54(51)28-27-53-29-32-59(56,57)33-30-53)24-23-47(7)40(43(38)50)11-12-42-46(6)18-16-39(45(4,5)41(46)17-19-48(42,47)8)37-13-20-49(34-55,21-14-37)25-31-58-44-36(3)10-9-26-52-44/h9-10,13,16,26,34,38,40-43H,1,11-12,14-15,17-25,27-33H2,2-8H3/t38-,40+,41?,42?,43?,46-,47+,48+,49?,50-/m0/s1. The first-order chi connectivity index (χ1) is 27.8. The minimum absolute atomic E-state index is 0.0805. The van der Waals surface area contributed by atoms with Gasteiger partial charge in [-0.05, 0) is 166 Å². The molecule has 1 aliphatic heterocycles. The number of aromatic nitrogens is 1. The van der Waals surface area contributed by atoms with E-state index in [1.165, 1.54) is 68.8 Å². The van der Waals surface area contributed by atoms with Crippen LogP contribution in [0.3, 0.4) is 0 Å². The van der Waals surface area contributed by atoms with E-state index >= 15 is 0 Å². The van der Waals surface area contributed by atoms with Crippen molar-refractivity contribution in [2.45, 2.75) is 137 Å². The number of nitrogens with zero attached hydrogens (tertiary/aromatic N) is 3. The molecule has 6 aliphatic carbocycles. The summed E-state index contributed by atoms with van der Waals surface area (Å²) in [5.74, 6) is 4.49. The highest BCUT2D eigenvalue weighted by atomic mass is 127. The average molecular weight is 940 g/mol. The highest BCUT2D eigenvalue weighted by molar-refractivity contribution is 14.1. The Labute approximate surface area is 371 Å². The lowest BCUT2D eigenvalue weighted by Gasteiger charge is -2.72. The Bertz CT molecular complexity index is 1970. The zero-order valence-electron chi connectivity index (χ0n) is 37.5. The molecule has 1 aromatic rings. The number of hydrogen-bond donors (Lipinski definition) is 0. The van der Waals surface area contributed by atoms with Gasteiger partial charge >= 0.3 is 0 Å². The van der Waals surface area contributed by atoms with Crippen LogP contribution < -0.4 is 4.74 Å². The molecule has 0 N–H and O–H groups in total. The third-order valence-electron chi connectivity index (χ3n) is 19.2. The maximum Gasteiger partial charge on any atom is 0.216 e. The van der Waals surface area contributed by atoms with Crippen molar-refractivity contribution in [3.05, 3.63) is 59.3 Å². The van der Waals surface area contributed by atoms with Gasteiger partial charge in [-0.25, -0.2) is 16.5 Å². The molecule has 2 heterocycles. The van der Waals surface area contributed by atoms with Gasteiger partial charge < -0.3 is 14.4 Å². The average Bonchev–Trinajstić information content (AvgIpc) is 3.60. The lowest BCUT2D eigenvalue weighted by atomic mass is 9.33. The van der Waals surface area contributed by atoms with Gasteiger partial charge in [0, 0.05) is 71.8 Å². The molecule has 59 heavy (non-hydrogen) atoms. The minimum Gasteiger partial charge on any atom is -0.477 e. The van der Waals surface area contributed by atoms with E-state index in [-0.39, 0.29) is 32.6 Å². The molecule has 5 fully saturated rings. The number of halogens is 1. The molecule has 1 aromatic heterocycles. The molecule has 7 aliphatic rings. The number of rotatable bonds is 11. The van der Waals surface area contributed by atoms with Crippen molar-refractivity contribution in [2.75, 3.05) is 44.3 Å². The highest BCUT2D eigenvalue weighted by Crippen LogP contribution is 2.77. The smallest absolute Gasteiger partial charge is 0.216 e. The zero-order valence-corrected chi connectivity index (χ0v) is 40.4. The third kappa shape index (κ3) is 7.29. The number of pyridine rings is 1.